The number of aliphatic carboxylic acids is 1. The molecule has 4 rings (SSSR count). The number of benzene rings is 1. The molecule has 1 aromatic heterocycles. The Kier molecular flexibility index (Phi) is 11.3. The molecule has 216 valence electrons. The van der Waals surface area contributed by atoms with Crippen molar-refractivity contribution in [1.82, 2.24) is 10.2 Å². The van der Waals surface area contributed by atoms with Gasteiger partial charge in [-0.1, -0.05) is 11.6 Å². The van der Waals surface area contributed by atoms with Crippen LogP contribution in [0.5, 0.6) is 0 Å². The average Bonchev–Trinajstić information content (AvgIpc) is 3.52. The van der Waals surface area contributed by atoms with E-state index in [-0.39, 0.29) is 55.9 Å². The van der Waals surface area contributed by atoms with Gasteiger partial charge in [-0.15, -0.1) is 23.7 Å². The van der Waals surface area contributed by atoms with Crippen molar-refractivity contribution in [2.24, 2.45) is 0 Å². The molecule has 0 unspecified atom stereocenters. The lowest BCUT2D eigenvalue weighted by Crippen LogP contribution is -2.56. The number of nitrogens with one attached hydrogen (secondary N) is 1. The summed E-state index contributed by atoms with van der Waals surface area (Å²) in [5.74, 6) is -2.04. The fourth-order valence-electron chi connectivity index (χ4n) is 4.28. The van der Waals surface area contributed by atoms with Crippen LogP contribution in [-0.4, -0.2) is 91.8 Å². The van der Waals surface area contributed by atoms with E-state index < -0.39 is 30.2 Å². The summed E-state index contributed by atoms with van der Waals surface area (Å²) in [5.41, 5.74) is 1.20. The van der Waals surface area contributed by atoms with Crippen LogP contribution in [0.25, 0.3) is 0 Å². The van der Waals surface area contributed by atoms with Gasteiger partial charge < -0.3 is 29.2 Å². The first-order valence-corrected chi connectivity index (χ1v) is 13.4. The number of anilines is 2. The zero-order chi connectivity index (χ0) is 27.9. The van der Waals surface area contributed by atoms with Crippen LogP contribution in [0.2, 0.25) is 4.34 Å². The van der Waals surface area contributed by atoms with E-state index in [1.54, 1.807) is 29.2 Å². The molecular weight excluding hydrogens is 587 g/mol. The number of hydrogen-bond donors (Lipinski definition) is 2. The van der Waals surface area contributed by atoms with Crippen LogP contribution in [0.4, 0.5) is 16.2 Å². The minimum Gasteiger partial charge on any atom is -0.479 e. The number of halogens is 2. The van der Waals surface area contributed by atoms with Gasteiger partial charge in [-0.3, -0.25) is 19.8 Å². The summed E-state index contributed by atoms with van der Waals surface area (Å²) in [6, 6.07) is 9.86. The first-order chi connectivity index (χ1) is 18.8. The number of carboxylic acid groups (broad SMARTS) is 1. The number of ether oxygens (including phenoxy) is 2. The number of thiophene rings is 1. The molecule has 2 atom stereocenters. The second-order valence-corrected chi connectivity index (χ2v) is 10.5. The minimum absolute atomic E-state index is 0. The maximum absolute atomic E-state index is 13.4. The first kappa shape index (κ1) is 31.3. The summed E-state index contributed by atoms with van der Waals surface area (Å²) in [6.07, 6.45) is -1.54. The van der Waals surface area contributed by atoms with Crippen molar-refractivity contribution in [1.29, 1.82) is 0 Å². The zero-order valence-corrected chi connectivity index (χ0v) is 23.6. The van der Waals surface area contributed by atoms with Crippen LogP contribution < -0.4 is 15.1 Å². The molecule has 2 fully saturated rings. The standard InChI is InChI=1S/C25H27ClN4O8S.ClH/c26-20-8-7-19(39-20)23(33)30(22(24(34)35)27-9-1-2-11-31)14-18-13-29(25(36)38-18)17-5-3-16(4-6-17)28-10-12-37-15-21(28)32;/h3-8,11,18,22,27H,1-2,9-10,12-15H2,(H,34,35);1H/t18-,22+;/m1./s1. The van der Waals surface area contributed by atoms with Gasteiger partial charge in [0.25, 0.3) is 11.8 Å². The van der Waals surface area contributed by atoms with Crippen molar-refractivity contribution in [3.8, 4) is 0 Å². The molecular formula is C25H28Cl2N4O8S. The number of carbonyl (C=O) groups is 5. The normalized spacial score (nSPS) is 17.7. The Balaban J connectivity index is 0.00000441. The van der Waals surface area contributed by atoms with Crippen LogP contribution in [0, 0.1) is 0 Å². The van der Waals surface area contributed by atoms with Gasteiger partial charge in [-0.25, -0.2) is 9.59 Å². The van der Waals surface area contributed by atoms with Crippen LogP contribution >= 0.6 is 35.3 Å². The molecule has 1 aromatic carbocycles. The number of rotatable bonds is 12. The van der Waals surface area contributed by atoms with E-state index in [4.69, 9.17) is 21.1 Å². The zero-order valence-electron chi connectivity index (χ0n) is 21.2. The number of aldehydes is 1. The van der Waals surface area contributed by atoms with E-state index in [9.17, 15) is 29.1 Å². The van der Waals surface area contributed by atoms with Gasteiger partial charge in [-0.05, 0) is 49.4 Å². The number of morpholine rings is 1. The molecule has 2 aliphatic rings. The Labute approximate surface area is 245 Å². The molecule has 12 nitrogen and oxygen atoms in total. The largest absolute Gasteiger partial charge is 0.479 e. The molecule has 40 heavy (non-hydrogen) atoms. The van der Waals surface area contributed by atoms with Crippen molar-refractivity contribution in [2.45, 2.75) is 25.1 Å². The average molecular weight is 615 g/mol. The monoisotopic (exact) mass is 614 g/mol. The van der Waals surface area contributed by atoms with E-state index in [1.807, 2.05) is 0 Å². The highest BCUT2D eigenvalue weighted by atomic mass is 35.5. The summed E-state index contributed by atoms with van der Waals surface area (Å²) >= 11 is 7.00. The summed E-state index contributed by atoms with van der Waals surface area (Å²) < 4.78 is 11.0. The fraction of sp³-hybridized carbons (Fsp3) is 0.400. The third-order valence-corrected chi connectivity index (χ3v) is 7.38. The molecule has 0 spiro atoms. The van der Waals surface area contributed by atoms with E-state index in [2.05, 4.69) is 5.32 Å². The van der Waals surface area contributed by atoms with Crippen LogP contribution in [0.3, 0.4) is 0 Å². The predicted molar refractivity (Wildman–Crippen MR) is 150 cm³/mol. The summed E-state index contributed by atoms with van der Waals surface area (Å²) in [5, 5.41) is 12.7. The summed E-state index contributed by atoms with van der Waals surface area (Å²) in [4.78, 5) is 65.3. The molecule has 15 heteroatoms. The molecule has 2 aliphatic heterocycles. The maximum Gasteiger partial charge on any atom is 0.414 e. The Bertz CT molecular complexity index is 1230. The van der Waals surface area contributed by atoms with Gasteiger partial charge >= 0.3 is 12.1 Å². The number of unbranched alkanes of at least 4 members (excludes halogenated alkanes) is 1. The molecule has 2 saturated heterocycles. The van der Waals surface area contributed by atoms with Gasteiger partial charge in [0.15, 0.2) is 6.17 Å². The van der Waals surface area contributed by atoms with Crippen molar-refractivity contribution >= 4 is 76.9 Å². The Morgan fingerprint density at radius 1 is 1.18 bits per heavy atom. The van der Waals surface area contributed by atoms with Gasteiger partial charge in [0, 0.05) is 24.3 Å². The second-order valence-electron chi connectivity index (χ2n) is 8.80. The molecule has 2 N–H and O–H groups in total. The Hall–Kier alpha value is -3.23. The summed E-state index contributed by atoms with van der Waals surface area (Å²) in [6.45, 7) is 0.927. The lowest BCUT2D eigenvalue weighted by atomic mass is 10.2. The minimum atomic E-state index is -1.43. The van der Waals surface area contributed by atoms with Gasteiger partial charge in [0.05, 0.1) is 28.9 Å². The molecule has 2 aromatic rings. The molecule has 0 aliphatic carbocycles. The van der Waals surface area contributed by atoms with Crippen molar-refractivity contribution in [2.75, 3.05) is 49.2 Å². The number of amides is 3. The second kappa shape index (κ2) is 14.4. The topological polar surface area (TPSA) is 146 Å². The third kappa shape index (κ3) is 7.49. The first-order valence-electron chi connectivity index (χ1n) is 12.2. The number of hydrogen-bond acceptors (Lipinski definition) is 9. The molecule has 0 radical (unpaired) electrons. The summed E-state index contributed by atoms with van der Waals surface area (Å²) in [7, 11) is 0. The van der Waals surface area contributed by atoms with E-state index >= 15 is 0 Å². The molecule has 3 heterocycles. The van der Waals surface area contributed by atoms with Gasteiger partial charge in [-0.2, -0.15) is 0 Å². The SMILES string of the molecule is Cl.O=CCCCN[C@H](C(=O)O)N(C[C@H]1CN(c2ccc(N3CCOCC3=O)cc2)C(=O)O1)C(=O)c1ccc(Cl)s1. The van der Waals surface area contributed by atoms with Crippen LogP contribution in [0.1, 0.15) is 22.5 Å². The van der Waals surface area contributed by atoms with Crippen molar-refractivity contribution in [3.05, 3.63) is 45.6 Å². The Morgan fingerprint density at radius 3 is 2.48 bits per heavy atom. The van der Waals surface area contributed by atoms with Crippen LogP contribution in [-0.2, 0) is 23.9 Å². The highest BCUT2D eigenvalue weighted by Crippen LogP contribution is 2.27. The van der Waals surface area contributed by atoms with Gasteiger partial charge in [0.2, 0.25) is 0 Å². The smallest absolute Gasteiger partial charge is 0.414 e. The Morgan fingerprint density at radius 2 is 1.88 bits per heavy atom. The lowest BCUT2D eigenvalue weighted by Gasteiger charge is -2.30. The van der Waals surface area contributed by atoms with Gasteiger partial charge in [0.1, 0.15) is 19.0 Å². The maximum atomic E-state index is 13.4. The van der Waals surface area contributed by atoms with E-state index in [0.717, 1.165) is 22.5 Å². The van der Waals surface area contributed by atoms with Crippen molar-refractivity contribution in [3.63, 3.8) is 0 Å². The number of carboxylic acids is 1. The number of nitrogens with zero attached hydrogens (tertiary/aromatic N) is 3. The van der Waals surface area contributed by atoms with E-state index in [1.165, 1.54) is 17.0 Å². The van der Waals surface area contributed by atoms with E-state index in [0.29, 0.717) is 35.3 Å². The number of cyclic esters (lactones) is 1. The highest BCUT2D eigenvalue weighted by molar-refractivity contribution is 7.18. The molecule has 0 bridgehead atoms. The molecule has 0 saturated carbocycles. The lowest BCUT2D eigenvalue weighted by molar-refractivity contribution is -0.144. The van der Waals surface area contributed by atoms with Crippen molar-refractivity contribution < 1.29 is 38.6 Å². The van der Waals surface area contributed by atoms with Crippen LogP contribution in [0.15, 0.2) is 36.4 Å². The molecule has 3 amide bonds. The number of carbonyl (C=O) groups excluding carboxylic acids is 4. The highest BCUT2D eigenvalue weighted by Gasteiger charge is 2.38. The quantitative estimate of drug-likeness (QED) is 0.209. The fourth-order valence-corrected chi connectivity index (χ4v) is 5.28. The predicted octanol–water partition coefficient (Wildman–Crippen LogP) is 2.63. The third-order valence-electron chi connectivity index (χ3n) is 6.16.